The molecule has 4 heteroatoms. The lowest BCUT2D eigenvalue weighted by Crippen LogP contribution is -2.10. The Morgan fingerprint density at radius 1 is 0.485 bits per heavy atom. The molecule has 0 fully saturated rings. The average Bonchev–Trinajstić information content (AvgIpc) is 3.74. The van der Waals surface area contributed by atoms with E-state index < -0.39 is 6.85 Å². The maximum atomic E-state index is 12.0. The van der Waals surface area contributed by atoms with E-state index in [0.717, 1.165) is 72.4 Å². The van der Waals surface area contributed by atoms with Crippen molar-refractivity contribution in [2.24, 2.45) is 0 Å². The largest absolute Gasteiger partial charge is 0.507 e. The maximum absolute atomic E-state index is 12.0. The van der Waals surface area contributed by atoms with Crippen LogP contribution in [-0.4, -0.2) is 19.6 Å². The van der Waals surface area contributed by atoms with Crippen molar-refractivity contribution in [2.45, 2.75) is 53.8 Å². The van der Waals surface area contributed by atoms with Gasteiger partial charge >= 0.3 is 0 Å². The van der Waals surface area contributed by atoms with Gasteiger partial charge < -0.3 is 5.11 Å². The van der Waals surface area contributed by atoms with Crippen molar-refractivity contribution in [3.8, 4) is 89.7 Å². The van der Waals surface area contributed by atoms with Gasteiger partial charge in [0.15, 0.2) is 0 Å². The van der Waals surface area contributed by atoms with Crippen LogP contribution in [0.2, 0.25) is 0 Å². The lowest BCUT2D eigenvalue weighted by Gasteiger charge is -2.21. The van der Waals surface area contributed by atoms with Crippen LogP contribution in [0.4, 0.5) is 0 Å². The zero-order chi connectivity index (χ0) is 48.2. The highest BCUT2D eigenvalue weighted by Crippen LogP contribution is 2.44. The van der Waals surface area contributed by atoms with Crippen LogP contribution in [0.1, 0.15) is 52.7 Å². The minimum Gasteiger partial charge on any atom is -0.507 e. The van der Waals surface area contributed by atoms with Crippen LogP contribution in [-0.2, 0) is 5.41 Å². The Morgan fingerprint density at radius 3 is 1.85 bits per heavy atom. The van der Waals surface area contributed by atoms with Crippen LogP contribution >= 0.6 is 0 Å². The predicted octanol–water partition coefficient (Wildman–Crippen LogP) is 16.3. The highest BCUT2D eigenvalue weighted by molar-refractivity contribution is 5.99. The number of rotatable bonds is 8. The van der Waals surface area contributed by atoms with Gasteiger partial charge in [-0.1, -0.05) is 154 Å². The lowest BCUT2D eigenvalue weighted by atomic mass is 9.85. The number of imidazole rings is 1. The fourth-order valence-corrected chi connectivity index (χ4v) is 9.14. The second-order valence-electron chi connectivity index (χ2n) is 18.5. The summed E-state index contributed by atoms with van der Waals surface area (Å²) < 4.78 is 29.0. The number of aromatic hydroxyl groups is 1. The van der Waals surface area contributed by atoms with Gasteiger partial charge in [0.25, 0.3) is 0 Å². The van der Waals surface area contributed by atoms with Crippen molar-refractivity contribution in [1.82, 2.24) is 14.5 Å². The zero-order valence-corrected chi connectivity index (χ0v) is 38.2. The van der Waals surface area contributed by atoms with E-state index in [1.54, 1.807) is 0 Å². The first-order chi connectivity index (χ1) is 33.1. The molecule has 2 heterocycles. The topological polar surface area (TPSA) is 50.9 Å². The molecule has 0 aliphatic rings. The molecule has 1 N–H and O–H groups in total. The van der Waals surface area contributed by atoms with Gasteiger partial charge in [-0.05, 0) is 154 Å². The highest BCUT2D eigenvalue weighted by Gasteiger charge is 2.25. The molecule has 0 radical (unpaired) electrons. The van der Waals surface area contributed by atoms with Crippen molar-refractivity contribution in [2.75, 3.05) is 0 Å². The first-order valence-corrected chi connectivity index (χ1v) is 22.5. The predicted molar refractivity (Wildman–Crippen MR) is 276 cm³/mol. The molecule has 10 aromatic rings. The summed E-state index contributed by atoms with van der Waals surface area (Å²) in [4.78, 5) is 10.5. The summed E-state index contributed by atoms with van der Waals surface area (Å²) >= 11 is 0. The van der Waals surface area contributed by atoms with Gasteiger partial charge in [0.1, 0.15) is 11.6 Å². The quantitative estimate of drug-likeness (QED) is 0.166. The number of benzene rings is 8. The summed E-state index contributed by atoms with van der Waals surface area (Å²) in [5.41, 5.74) is 17.9. The SMILES string of the molecule is [2H]C([2H])([2H])c1cc(-n2c(-c3cc(C)cc(C)c3O)nc3c(-c4cc(-c5ccccc5)cc(-c5cc(-c6ccc(C)cc6)ccn5)c4)cccc32)c(-c2ccc(C(C)(C)C)cc2)cc1-c1ccccc1. The third-order valence-corrected chi connectivity index (χ3v) is 12.7. The van der Waals surface area contributed by atoms with E-state index in [1.807, 2.05) is 111 Å². The Balaban J connectivity index is 1.28. The number of hydrogen-bond donors (Lipinski definition) is 1. The van der Waals surface area contributed by atoms with Gasteiger partial charge in [-0.2, -0.15) is 0 Å². The fraction of sp³-hybridized carbons (Fsp3) is 0.129. The van der Waals surface area contributed by atoms with E-state index in [1.165, 1.54) is 11.1 Å². The molecule has 10 rings (SSSR count). The van der Waals surface area contributed by atoms with Crippen LogP contribution in [0.25, 0.3) is 95.0 Å². The second-order valence-corrected chi connectivity index (χ2v) is 18.5. The van der Waals surface area contributed by atoms with E-state index >= 15 is 0 Å². The summed E-state index contributed by atoms with van der Waals surface area (Å²) in [6.07, 6.45) is 1.87. The van der Waals surface area contributed by atoms with Crippen molar-refractivity contribution < 1.29 is 9.22 Å². The molecule has 0 bridgehead atoms. The van der Waals surface area contributed by atoms with Gasteiger partial charge in [-0.3, -0.25) is 9.55 Å². The molecule has 0 saturated heterocycles. The number of fused-ring (bicyclic) bond motifs is 1. The number of nitrogens with zero attached hydrogens (tertiary/aromatic N) is 3. The van der Waals surface area contributed by atoms with Crippen LogP contribution in [0, 0.1) is 27.6 Å². The van der Waals surface area contributed by atoms with Crippen LogP contribution in [0.15, 0.2) is 188 Å². The molecule has 0 unspecified atom stereocenters. The van der Waals surface area contributed by atoms with Gasteiger partial charge in [-0.25, -0.2) is 4.98 Å². The number of aryl methyl sites for hydroxylation is 4. The third kappa shape index (κ3) is 8.01. The normalized spacial score (nSPS) is 12.5. The van der Waals surface area contributed by atoms with E-state index in [0.29, 0.717) is 33.7 Å². The molecule has 8 aromatic carbocycles. The smallest absolute Gasteiger partial charge is 0.149 e. The molecule has 66 heavy (non-hydrogen) atoms. The highest BCUT2D eigenvalue weighted by atomic mass is 16.3. The average molecular weight is 859 g/mol. The van der Waals surface area contributed by atoms with Crippen molar-refractivity contribution in [3.63, 3.8) is 0 Å². The molecular weight excluding hydrogens is 803 g/mol. The summed E-state index contributed by atoms with van der Waals surface area (Å²) in [6, 6.07) is 61.9. The molecule has 0 saturated carbocycles. The Kier molecular flexibility index (Phi) is 9.92. The summed E-state index contributed by atoms with van der Waals surface area (Å²) in [7, 11) is 0. The molecule has 0 aliphatic heterocycles. The second kappa shape index (κ2) is 17.0. The molecule has 0 atom stereocenters. The van der Waals surface area contributed by atoms with Gasteiger partial charge in [0.05, 0.1) is 28.0 Å². The van der Waals surface area contributed by atoms with Gasteiger partial charge in [0.2, 0.25) is 0 Å². The van der Waals surface area contributed by atoms with Crippen molar-refractivity contribution in [1.29, 1.82) is 0 Å². The first kappa shape index (κ1) is 38.6. The maximum Gasteiger partial charge on any atom is 0.149 e. The summed E-state index contributed by atoms with van der Waals surface area (Å²) in [5, 5.41) is 12.0. The Hall–Kier alpha value is -7.82. The van der Waals surface area contributed by atoms with E-state index in [-0.39, 0.29) is 16.7 Å². The molecule has 4 nitrogen and oxygen atoms in total. The van der Waals surface area contributed by atoms with Crippen LogP contribution in [0.3, 0.4) is 0 Å². The standard InChI is InChI=1S/C62H53N3O/c1-39-21-23-44(24-22-39)47-29-30-63-56(37-47)50-35-48(43-15-10-8-11-16-43)34-49(36-50)52-19-14-20-57-59(52)64-61(55-32-40(2)31-42(4)60(55)66)65(57)58-33-41(3)53(45-17-12-9-13-18-45)38-54(58)46-25-27-51(28-26-46)62(5,6)7/h8-38,66H,1-7H3/i3D3. The molecule has 0 aliphatic carbocycles. The van der Waals surface area contributed by atoms with Crippen LogP contribution < -0.4 is 0 Å². The molecule has 0 spiro atoms. The van der Waals surface area contributed by atoms with Gasteiger partial charge in [-0.15, -0.1) is 0 Å². The lowest BCUT2D eigenvalue weighted by molar-refractivity contribution is 0.472. The number of para-hydroxylation sites is 1. The summed E-state index contributed by atoms with van der Waals surface area (Å²) in [6.45, 7) is 10.1. The van der Waals surface area contributed by atoms with E-state index in [9.17, 15) is 5.11 Å². The fourth-order valence-electron chi connectivity index (χ4n) is 9.14. The summed E-state index contributed by atoms with van der Waals surface area (Å²) in [5.74, 6) is 0.602. The van der Waals surface area contributed by atoms with E-state index in [2.05, 4.69) is 123 Å². The minimum absolute atomic E-state index is 0.0794. The first-order valence-electron chi connectivity index (χ1n) is 24.0. The third-order valence-electron chi connectivity index (χ3n) is 12.7. The number of hydrogen-bond acceptors (Lipinski definition) is 3. The molecule has 322 valence electrons. The molecular formula is C62H53N3O. The minimum atomic E-state index is -2.47. The monoisotopic (exact) mass is 858 g/mol. The molecule has 2 aromatic heterocycles. The zero-order valence-electron chi connectivity index (χ0n) is 41.2. The number of phenolic OH excluding ortho intramolecular Hbond substituents is 1. The number of aromatic nitrogens is 3. The Labute approximate surface area is 392 Å². The number of pyridine rings is 1. The Bertz CT molecular complexity index is 3530. The van der Waals surface area contributed by atoms with E-state index in [4.69, 9.17) is 14.1 Å². The number of phenols is 1. The van der Waals surface area contributed by atoms with Crippen molar-refractivity contribution in [3.05, 3.63) is 216 Å². The Morgan fingerprint density at radius 2 is 1.14 bits per heavy atom. The van der Waals surface area contributed by atoms with Crippen molar-refractivity contribution >= 4 is 11.0 Å². The van der Waals surface area contributed by atoms with Gasteiger partial charge in [0, 0.05) is 27.0 Å². The molecule has 0 amide bonds. The van der Waals surface area contributed by atoms with Crippen LogP contribution in [0.5, 0.6) is 5.75 Å².